The van der Waals surface area contributed by atoms with Gasteiger partial charge in [-0.25, -0.2) is 0 Å². The lowest BCUT2D eigenvalue weighted by atomic mass is 9.88. The van der Waals surface area contributed by atoms with Gasteiger partial charge in [0.1, 0.15) is 0 Å². The molecule has 0 fully saturated rings. The summed E-state index contributed by atoms with van der Waals surface area (Å²) in [5.41, 5.74) is 2.92. The highest BCUT2D eigenvalue weighted by atomic mass is 14.9. The first-order valence-corrected chi connectivity index (χ1v) is 6.78. The van der Waals surface area contributed by atoms with Gasteiger partial charge < -0.3 is 5.32 Å². The summed E-state index contributed by atoms with van der Waals surface area (Å²) in [6.07, 6.45) is 1.19. The summed E-state index contributed by atoms with van der Waals surface area (Å²) in [6, 6.07) is 9.32. The number of hydrogen-bond donors (Lipinski definition) is 1. The number of hydrogen-bond acceptors (Lipinski definition) is 1. The molecule has 0 radical (unpaired) electrons. The average Bonchev–Trinajstić information content (AvgIpc) is 2.28. The Morgan fingerprint density at radius 3 is 2.24 bits per heavy atom. The highest BCUT2D eigenvalue weighted by molar-refractivity contribution is 5.25. The Hall–Kier alpha value is -0.820. The molecule has 0 aliphatic rings. The van der Waals surface area contributed by atoms with Crippen molar-refractivity contribution in [3.8, 4) is 0 Å². The fourth-order valence-electron chi connectivity index (χ4n) is 2.01. The minimum Gasteiger partial charge on any atom is -0.314 e. The van der Waals surface area contributed by atoms with Gasteiger partial charge in [0.25, 0.3) is 0 Å². The van der Waals surface area contributed by atoms with E-state index < -0.39 is 0 Å². The molecule has 0 heterocycles. The quantitative estimate of drug-likeness (QED) is 0.788. The zero-order chi connectivity index (χ0) is 12.8. The van der Waals surface area contributed by atoms with Gasteiger partial charge in [-0.05, 0) is 42.9 Å². The predicted molar refractivity (Wildman–Crippen MR) is 76.3 cm³/mol. The van der Waals surface area contributed by atoms with Crippen LogP contribution in [0.5, 0.6) is 0 Å². The van der Waals surface area contributed by atoms with E-state index in [0.29, 0.717) is 6.04 Å². The van der Waals surface area contributed by atoms with Crippen LogP contribution in [-0.4, -0.2) is 12.6 Å². The summed E-state index contributed by atoms with van der Waals surface area (Å²) in [6.45, 7) is 12.4. The van der Waals surface area contributed by atoms with Crippen molar-refractivity contribution in [1.82, 2.24) is 5.32 Å². The maximum absolute atomic E-state index is 3.53. The van der Waals surface area contributed by atoms with Gasteiger partial charge in [-0.1, -0.05) is 52.0 Å². The number of rotatable bonds is 6. The molecule has 1 heteroatoms. The van der Waals surface area contributed by atoms with Crippen LogP contribution in [-0.2, 0) is 6.42 Å². The molecule has 0 saturated heterocycles. The largest absolute Gasteiger partial charge is 0.314 e. The van der Waals surface area contributed by atoms with Crippen LogP contribution >= 0.6 is 0 Å². The summed E-state index contributed by atoms with van der Waals surface area (Å²) < 4.78 is 0. The molecule has 0 aliphatic carbocycles. The van der Waals surface area contributed by atoms with Crippen molar-refractivity contribution in [2.24, 2.45) is 11.8 Å². The van der Waals surface area contributed by atoms with Gasteiger partial charge in [0.05, 0.1) is 0 Å². The lowest BCUT2D eigenvalue weighted by Gasteiger charge is -2.22. The van der Waals surface area contributed by atoms with Crippen LogP contribution in [0.2, 0.25) is 0 Å². The molecular formula is C16H27N. The highest BCUT2D eigenvalue weighted by Gasteiger charge is 2.13. The van der Waals surface area contributed by atoms with Crippen LogP contribution in [0.1, 0.15) is 38.8 Å². The maximum Gasteiger partial charge on any atom is 0.00104 e. The lowest BCUT2D eigenvalue weighted by molar-refractivity contribution is 0.354. The molecule has 1 N–H and O–H groups in total. The van der Waals surface area contributed by atoms with E-state index in [1.54, 1.807) is 0 Å². The van der Waals surface area contributed by atoms with Crippen molar-refractivity contribution < 1.29 is 0 Å². The normalized spacial score (nSPS) is 14.9. The van der Waals surface area contributed by atoms with Crippen molar-refractivity contribution in [3.63, 3.8) is 0 Å². The third-order valence-corrected chi connectivity index (χ3v) is 3.62. The molecule has 2 atom stereocenters. The Morgan fingerprint density at radius 2 is 1.65 bits per heavy atom. The SMILES string of the molecule is Cc1ccccc1CC(C)C(C)CNC(C)C. The van der Waals surface area contributed by atoms with Gasteiger partial charge in [0.15, 0.2) is 0 Å². The molecule has 17 heavy (non-hydrogen) atoms. The van der Waals surface area contributed by atoms with Crippen LogP contribution in [0.4, 0.5) is 0 Å². The van der Waals surface area contributed by atoms with Gasteiger partial charge in [-0.2, -0.15) is 0 Å². The van der Waals surface area contributed by atoms with E-state index >= 15 is 0 Å². The third kappa shape index (κ3) is 4.91. The molecule has 0 spiro atoms. The molecule has 0 aromatic heterocycles. The third-order valence-electron chi connectivity index (χ3n) is 3.62. The zero-order valence-electron chi connectivity index (χ0n) is 12.0. The Labute approximate surface area is 107 Å². The Morgan fingerprint density at radius 1 is 1.00 bits per heavy atom. The average molecular weight is 233 g/mol. The molecule has 1 rings (SSSR count). The van der Waals surface area contributed by atoms with Crippen LogP contribution < -0.4 is 5.32 Å². The maximum atomic E-state index is 3.53. The van der Waals surface area contributed by atoms with Crippen molar-refractivity contribution in [1.29, 1.82) is 0 Å². The number of benzene rings is 1. The van der Waals surface area contributed by atoms with E-state index in [0.717, 1.165) is 18.4 Å². The standard InChI is InChI=1S/C16H27N/c1-12(2)17-11-15(5)14(4)10-16-9-7-6-8-13(16)3/h6-9,12,14-15,17H,10-11H2,1-5H3. The molecule has 0 aliphatic heterocycles. The molecule has 1 aromatic carbocycles. The monoisotopic (exact) mass is 233 g/mol. The van der Waals surface area contributed by atoms with Gasteiger partial charge in [0.2, 0.25) is 0 Å². The molecule has 1 aromatic rings. The predicted octanol–water partition coefficient (Wildman–Crippen LogP) is 3.81. The minimum absolute atomic E-state index is 0.586. The van der Waals surface area contributed by atoms with E-state index in [1.165, 1.54) is 17.5 Å². The molecule has 1 nitrogen and oxygen atoms in total. The summed E-state index contributed by atoms with van der Waals surface area (Å²) in [5, 5.41) is 3.53. The fraction of sp³-hybridized carbons (Fsp3) is 0.625. The van der Waals surface area contributed by atoms with Crippen LogP contribution in [0.15, 0.2) is 24.3 Å². The molecule has 0 saturated carbocycles. The summed E-state index contributed by atoms with van der Waals surface area (Å²) >= 11 is 0. The number of nitrogens with one attached hydrogen (secondary N) is 1. The molecule has 96 valence electrons. The van der Waals surface area contributed by atoms with E-state index in [4.69, 9.17) is 0 Å². The molecule has 0 amide bonds. The van der Waals surface area contributed by atoms with E-state index in [-0.39, 0.29) is 0 Å². The van der Waals surface area contributed by atoms with Crippen molar-refractivity contribution in [2.45, 2.75) is 47.1 Å². The van der Waals surface area contributed by atoms with Crippen molar-refractivity contribution >= 4 is 0 Å². The van der Waals surface area contributed by atoms with Gasteiger partial charge in [0, 0.05) is 6.04 Å². The van der Waals surface area contributed by atoms with Gasteiger partial charge in [-0.15, -0.1) is 0 Å². The topological polar surface area (TPSA) is 12.0 Å². The van der Waals surface area contributed by atoms with E-state index in [9.17, 15) is 0 Å². The fourth-order valence-corrected chi connectivity index (χ4v) is 2.01. The summed E-state index contributed by atoms with van der Waals surface area (Å²) in [4.78, 5) is 0. The van der Waals surface area contributed by atoms with Crippen LogP contribution in [0.25, 0.3) is 0 Å². The van der Waals surface area contributed by atoms with Gasteiger partial charge in [-0.3, -0.25) is 0 Å². The Kier molecular flexibility index (Phi) is 5.70. The second kappa shape index (κ2) is 6.80. The first kappa shape index (κ1) is 14.2. The smallest absolute Gasteiger partial charge is 0.00104 e. The Balaban J connectivity index is 2.48. The second-order valence-corrected chi connectivity index (χ2v) is 5.65. The molecule has 2 unspecified atom stereocenters. The summed E-state index contributed by atoms with van der Waals surface area (Å²) in [7, 11) is 0. The van der Waals surface area contributed by atoms with Crippen molar-refractivity contribution in [2.75, 3.05) is 6.54 Å². The minimum atomic E-state index is 0.586. The van der Waals surface area contributed by atoms with Crippen LogP contribution in [0, 0.1) is 18.8 Å². The van der Waals surface area contributed by atoms with Crippen LogP contribution in [0.3, 0.4) is 0 Å². The lowest BCUT2D eigenvalue weighted by Crippen LogP contribution is -2.31. The van der Waals surface area contributed by atoms with E-state index in [1.807, 2.05) is 0 Å². The molecule has 0 bridgehead atoms. The number of aryl methyl sites for hydroxylation is 1. The first-order valence-electron chi connectivity index (χ1n) is 6.78. The second-order valence-electron chi connectivity index (χ2n) is 5.65. The highest BCUT2D eigenvalue weighted by Crippen LogP contribution is 2.19. The first-order chi connectivity index (χ1) is 8.00. The van der Waals surface area contributed by atoms with E-state index in [2.05, 4.69) is 64.2 Å². The van der Waals surface area contributed by atoms with Gasteiger partial charge >= 0.3 is 0 Å². The Bertz CT molecular complexity index is 330. The van der Waals surface area contributed by atoms with Crippen molar-refractivity contribution in [3.05, 3.63) is 35.4 Å². The zero-order valence-corrected chi connectivity index (χ0v) is 12.0. The molecular weight excluding hydrogens is 206 g/mol. The summed E-state index contributed by atoms with van der Waals surface area (Å²) in [5.74, 6) is 1.44.